The lowest BCUT2D eigenvalue weighted by Crippen LogP contribution is -2.40. The van der Waals surface area contributed by atoms with E-state index in [1.54, 1.807) is 18.5 Å². The van der Waals surface area contributed by atoms with Crippen LogP contribution < -0.4 is 5.73 Å². The summed E-state index contributed by atoms with van der Waals surface area (Å²) >= 11 is 0. The average Bonchev–Trinajstić information content (AvgIpc) is 3.27. The van der Waals surface area contributed by atoms with E-state index in [2.05, 4.69) is 20.2 Å². The minimum Gasteiger partial charge on any atom is -0.394 e. The zero-order valence-electron chi connectivity index (χ0n) is 13.3. The Morgan fingerprint density at radius 2 is 2.28 bits per heavy atom. The molecule has 0 bridgehead atoms. The zero-order valence-corrected chi connectivity index (χ0v) is 13.3. The first-order valence-electron chi connectivity index (χ1n) is 7.69. The van der Waals surface area contributed by atoms with Crippen LogP contribution in [-0.4, -0.2) is 59.4 Å². The highest BCUT2D eigenvalue weighted by Crippen LogP contribution is 2.44. The number of hydrogen-bond acceptors (Lipinski definition) is 7. The molecule has 0 unspecified atom stereocenters. The number of hydrogen-bond donors (Lipinski definition) is 4. The molecule has 3 aromatic heterocycles. The standard InChI is InChI=1S/C15H17FN6O3/c1-15(16)11(24)9(5-23)25-14(15)22-4-7(8-2-3-20-21-8)10-12(17)18-6-19-13(10)22/h2-4,6,9,11,14,23-24H,5H2,1H3,(H,20,21)(H2,17,18,19)/t9-,11-,14-,15+/m1/s1. The number of nitrogens with one attached hydrogen (secondary N) is 1. The van der Waals surface area contributed by atoms with Crippen molar-refractivity contribution in [2.75, 3.05) is 12.3 Å². The number of halogens is 1. The second kappa shape index (κ2) is 5.48. The molecular formula is C15H17FN6O3. The maximum absolute atomic E-state index is 15.2. The summed E-state index contributed by atoms with van der Waals surface area (Å²) in [4.78, 5) is 8.20. The molecule has 3 aromatic rings. The Kier molecular flexibility index (Phi) is 3.49. The van der Waals surface area contributed by atoms with E-state index in [1.165, 1.54) is 17.8 Å². The van der Waals surface area contributed by atoms with Crippen LogP contribution in [0.4, 0.5) is 10.2 Å². The van der Waals surface area contributed by atoms with Crippen LogP contribution in [0.3, 0.4) is 0 Å². The van der Waals surface area contributed by atoms with E-state index >= 15 is 4.39 Å². The first kappa shape index (κ1) is 15.9. The van der Waals surface area contributed by atoms with Gasteiger partial charge in [0.05, 0.1) is 17.7 Å². The molecule has 10 heteroatoms. The zero-order chi connectivity index (χ0) is 17.8. The molecular weight excluding hydrogens is 331 g/mol. The van der Waals surface area contributed by atoms with Crippen molar-refractivity contribution in [3.63, 3.8) is 0 Å². The highest BCUT2D eigenvalue weighted by Gasteiger charge is 2.55. The van der Waals surface area contributed by atoms with Crippen LogP contribution in [0.25, 0.3) is 22.3 Å². The summed E-state index contributed by atoms with van der Waals surface area (Å²) in [7, 11) is 0. The van der Waals surface area contributed by atoms with Gasteiger partial charge in [-0.15, -0.1) is 0 Å². The number of aliphatic hydroxyl groups excluding tert-OH is 2. The van der Waals surface area contributed by atoms with Crippen molar-refractivity contribution >= 4 is 16.9 Å². The second-order valence-electron chi connectivity index (χ2n) is 6.18. The van der Waals surface area contributed by atoms with Crippen LogP contribution in [-0.2, 0) is 4.74 Å². The molecule has 5 N–H and O–H groups in total. The van der Waals surface area contributed by atoms with E-state index in [1.807, 2.05) is 0 Å². The number of nitrogens with two attached hydrogens (primary N) is 1. The van der Waals surface area contributed by atoms with E-state index in [4.69, 9.17) is 10.5 Å². The number of ether oxygens (including phenoxy) is 1. The van der Waals surface area contributed by atoms with Crippen molar-refractivity contribution < 1.29 is 19.3 Å². The number of aliphatic hydroxyl groups is 2. The maximum Gasteiger partial charge on any atom is 0.181 e. The molecule has 0 amide bonds. The second-order valence-corrected chi connectivity index (χ2v) is 6.18. The lowest BCUT2D eigenvalue weighted by Gasteiger charge is -2.25. The van der Waals surface area contributed by atoms with Crippen molar-refractivity contribution in [2.45, 2.75) is 31.0 Å². The van der Waals surface area contributed by atoms with Gasteiger partial charge in [-0.3, -0.25) is 5.10 Å². The number of aromatic amines is 1. The van der Waals surface area contributed by atoms with E-state index in [9.17, 15) is 10.2 Å². The lowest BCUT2D eigenvalue weighted by atomic mass is 9.98. The normalized spacial score (nSPS) is 29.5. The van der Waals surface area contributed by atoms with Crippen molar-refractivity contribution in [3.8, 4) is 11.3 Å². The van der Waals surface area contributed by atoms with Crippen molar-refractivity contribution in [3.05, 3.63) is 24.8 Å². The Hall–Kier alpha value is -2.56. The minimum absolute atomic E-state index is 0.228. The summed E-state index contributed by atoms with van der Waals surface area (Å²) in [5.41, 5.74) is 5.51. The molecule has 132 valence electrons. The summed E-state index contributed by atoms with van der Waals surface area (Å²) in [6, 6.07) is 1.74. The van der Waals surface area contributed by atoms with Crippen LogP contribution in [0.15, 0.2) is 24.8 Å². The van der Waals surface area contributed by atoms with Gasteiger partial charge in [0.2, 0.25) is 0 Å². The lowest BCUT2D eigenvalue weighted by molar-refractivity contribution is -0.0563. The molecule has 1 aliphatic rings. The van der Waals surface area contributed by atoms with Crippen molar-refractivity contribution in [2.24, 2.45) is 0 Å². The van der Waals surface area contributed by atoms with Gasteiger partial charge in [-0.25, -0.2) is 14.4 Å². The number of H-pyrrole nitrogens is 1. The summed E-state index contributed by atoms with van der Waals surface area (Å²) < 4.78 is 22.2. The molecule has 4 heterocycles. The van der Waals surface area contributed by atoms with Crippen LogP contribution in [0, 0.1) is 0 Å². The number of anilines is 1. The first-order chi connectivity index (χ1) is 11.9. The molecule has 0 radical (unpaired) electrons. The third-order valence-corrected chi connectivity index (χ3v) is 4.58. The first-order valence-corrected chi connectivity index (χ1v) is 7.69. The maximum atomic E-state index is 15.2. The van der Waals surface area contributed by atoms with Crippen molar-refractivity contribution in [1.82, 2.24) is 24.7 Å². The Morgan fingerprint density at radius 1 is 1.48 bits per heavy atom. The van der Waals surface area contributed by atoms with Gasteiger partial charge in [0.15, 0.2) is 11.9 Å². The molecule has 0 spiro atoms. The smallest absolute Gasteiger partial charge is 0.181 e. The predicted octanol–water partition coefficient (Wildman–Crippen LogP) is 0.382. The molecule has 1 saturated heterocycles. The Labute approximate surface area is 141 Å². The molecule has 1 aliphatic heterocycles. The Balaban J connectivity index is 1.93. The fraction of sp³-hybridized carbons (Fsp3) is 0.400. The van der Waals surface area contributed by atoms with Crippen LogP contribution in [0.5, 0.6) is 0 Å². The summed E-state index contributed by atoms with van der Waals surface area (Å²) in [6.07, 6.45) is 0.776. The van der Waals surface area contributed by atoms with E-state index < -0.39 is 30.7 Å². The third-order valence-electron chi connectivity index (χ3n) is 4.58. The number of nitrogens with zero attached hydrogens (tertiary/aromatic N) is 4. The molecule has 0 aliphatic carbocycles. The topological polar surface area (TPSA) is 135 Å². The number of rotatable bonds is 3. The van der Waals surface area contributed by atoms with Crippen LogP contribution in [0.1, 0.15) is 13.2 Å². The predicted molar refractivity (Wildman–Crippen MR) is 86.0 cm³/mol. The monoisotopic (exact) mass is 348 g/mol. The van der Waals surface area contributed by atoms with Gasteiger partial charge in [-0.2, -0.15) is 5.10 Å². The molecule has 1 fully saturated rings. The molecule has 9 nitrogen and oxygen atoms in total. The summed E-state index contributed by atoms with van der Waals surface area (Å²) in [5.74, 6) is 0.228. The van der Waals surface area contributed by atoms with E-state index in [0.29, 0.717) is 22.3 Å². The average molecular weight is 348 g/mol. The largest absolute Gasteiger partial charge is 0.394 e. The quantitative estimate of drug-likeness (QED) is 0.537. The SMILES string of the molecule is C[C@]1(F)[C@H](O)[C@@H](CO)O[C@H]1n1cc(-c2ccn[nH]2)c2c(N)ncnc21. The van der Waals surface area contributed by atoms with E-state index in [-0.39, 0.29) is 5.82 Å². The number of aromatic nitrogens is 5. The summed E-state index contributed by atoms with van der Waals surface area (Å²) in [6.45, 7) is 0.727. The number of alkyl halides is 1. The Bertz CT molecular complexity index is 910. The van der Waals surface area contributed by atoms with Crippen LogP contribution in [0.2, 0.25) is 0 Å². The molecule has 0 saturated carbocycles. The van der Waals surface area contributed by atoms with Gasteiger partial charge >= 0.3 is 0 Å². The molecule has 0 aromatic carbocycles. The fourth-order valence-electron chi connectivity index (χ4n) is 3.26. The molecule has 4 rings (SSSR count). The van der Waals surface area contributed by atoms with E-state index in [0.717, 1.165) is 0 Å². The van der Waals surface area contributed by atoms with Gasteiger partial charge in [0.25, 0.3) is 0 Å². The minimum atomic E-state index is -2.13. The highest BCUT2D eigenvalue weighted by atomic mass is 19.1. The Morgan fingerprint density at radius 3 is 2.92 bits per heavy atom. The van der Waals surface area contributed by atoms with Gasteiger partial charge in [0, 0.05) is 18.0 Å². The summed E-state index contributed by atoms with van der Waals surface area (Å²) in [5, 5.41) is 26.7. The van der Waals surface area contributed by atoms with Crippen molar-refractivity contribution in [1.29, 1.82) is 0 Å². The number of fused-ring (bicyclic) bond motifs is 1. The van der Waals surface area contributed by atoms with Gasteiger partial charge in [-0.1, -0.05) is 0 Å². The highest BCUT2D eigenvalue weighted by molar-refractivity contribution is 5.99. The third kappa shape index (κ3) is 2.22. The molecule has 25 heavy (non-hydrogen) atoms. The number of nitrogen functional groups attached to an aromatic ring is 1. The van der Waals surface area contributed by atoms with Gasteiger partial charge in [0.1, 0.15) is 30.0 Å². The molecule has 4 atom stereocenters. The fourth-order valence-corrected chi connectivity index (χ4v) is 3.26. The van der Waals surface area contributed by atoms with Gasteiger partial charge < -0.3 is 25.3 Å². The van der Waals surface area contributed by atoms with Crippen LogP contribution >= 0.6 is 0 Å². The van der Waals surface area contributed by atoms with Gasteiger partial charge in [-0.05, 0) is 13.0 Å².